The van der Waals surface area contributed by atoms with E-state index in [2.05, 4.69) is 10.9 Å². The summed E-state index contributed by atoms with van der Waals surface area (Å²) in [4.78, 5) is 18.9. The summed E-state index contributed by atoms with van der Waals surface area (Å²) in [5.41, 5.74) is 7.10. The molecule has 1 aliphatic heterocycles. The second-order valence-corrected chi connectivity index (χ2v) is 9.11. The molecule has 4 rings (SSSR count). The summed E-state index contributed by atoms with van der Waals surface area (Å²) >= 11 is 0. The summed E-state index contributed by atoms with van der Waals surface area (Å²) in [5.74, 6) is 1.45. The molecule has 8 heteroatoms. The highest BCUT2D eigenvalue weighted by Crippen LogP contribution is 2.43. The van der Waals surface area contributed by atoms with Crippen LogP contribution in [0.5, 0.6) is 11.5 Å². The third-order valence-corrected chi connectivity index (χ3v) is 6.32. The lowest BCUT2D eigenvalue weighted by molar-refractivity contribution is -0.130. The average molecular weight is 518 g/mol. The molecular weight excluding hydrogens is 482 g/mol. The number of rotatable bonds is 13. The van der Waals surface area contributed by atoms with E-state index in [1.807, 2.05) is 85.8 Å². The van der Waals surface area contributed by atoms with Gasteiger partial charge in [-0.25, -0.2) is 10.4 Å². The number of hydrazine groups is 1. The van der Waals surface area contributed by atoms with Gasteiger partial charge in [-0.15, -0.1) is 0 Å². The molecule has 0 unspecified atom stereocenters. The molecule has 0 aromatic heterocycles. The zero-order chi connectivity index (χ0) is 26.8. The Kier molecular flexibility index (Phi) is 9.35. The fourth-order valence-corrected chi connectivity index (χ4v) is 4.37. The summed E-state index contributed by atoms with van der Waals surface area (Å²) < 4.78 is 17.7. The minimum absolute atomic E-state index is 0.0765. The van der Waals surface area contributed by atoms with Crippen molar-refractivity contribution in [1.29, 1.82) is 0 Å². The van der Waals surface area contributed by atoms with Gasteiger partial charge >= 0.3 is 0 Å². The van der Waals surface area contributed by atoms with E-state index >= 15 is 0 Å². The van der Waals surface area contributed by atoms with Gasteiger partial charge in [0.15, 0.2) is 11.6 Å². The number of amides is 1. The fourth-order valence-electron chi connectivity index (χ4n) is 4.37. The van der Waals surface area contributed by atoms with Crippen LogP contribution in [-0.2, 0) is 16.0 Å². The summed E-state index contributed by atoms with van der Waals surface area (Å²) in [6, 6.07) is 24.8. The van der Waals surface area contributed by atoms with Gasteiger partial charge in [0.05, 0.1) is 13.7 Å². The molecule has 2 atom stereocenters. The minimum Gasteiger partial charge on any atom is -0.497 e. The van der Waals surface area contributed by atoms with Crippen LogP contribution in [0.3, 0.4) is 0 Å². The molecule has 8 nitrogen and oxygen atoms in total. The molecule has 0 saturated carbocycles. The monoisotopic (exact) mass is 517 g/mol. The largest absolute Gasteiger partial charge is 0.497 e. The molecule has 1 aliphatic rings. The standard InChI is InChI=1S/C30H35N3O5/c1-3-17-31-33-29(35)30(21-22-9-5-4-6-10-22)27(24-11-7-12-26(20-24)36-2)38-28(32-30)23-13-15-25(16-14-23)37-19-8-18-34/h4-7,9-16,20,27,31,34H,3,8,17-19,21H2,1-2H3,(H,33,35)/t27-,30-/m0/s1. The van der Waals surface area contributed by atoms with Gasteiger partial charge in [-0.3, -0.25) is 10.2 Å². The molecule has 1 amide bonds. The van der Waals surface area contributed by atoms with E-state index in [0.717, 1.165) is 23.1 Å². The second kappa shape index (κ2) is 13.1. The zero-order valence-electron chi connectivity index (χ0n) is 21.9. The SMILES string of the molecule is CCCNNC(=O)[C@@]1(Cc2ccccc2)N=C(c2ccc(OCCCO)cc2)O[C@H]1c1cccc(OC)c1. The van der Waals surface area contributed by atoms with Gasteiger partial charge in [0.1, 0.15) is 11.5 Å². The summed E-state index contributed by atoms with van der Waals surface area (Å²) in [5, 5.41) is 8.99. The van der Waals surface area contributed by atoms with Crippen LogP contribution in [-0.4, -0.2) is 49.3 Å². The molecule has 200 valence electrons. The first kappa shape index (κ1) is 27.2. The fraction of sp³-hybridized carbons (Fsp3) is 0.333. The van der Waals surface area contributed by atoms with Crippen molar-refractivity contribution in [3.63, 3.8) is 0 Å². The maximum Gasteiger partial charge on any atom is 0.266 e. The van der Waals surface area contributed by atoms with Gasteiger partial charge in [-0.1, -0.05) is 49.4 Å². The quantitative estimate of drug-likeness (QED) is 0.234. The van der Waals surface area contributed by atoms with E-state index < -0.39 is 11.6 Å². The number of carbonyl (C=O) groups excluding carboxylic acids is 1. The van der Waals surface area contributed by atoms with Crippen LogP contribution >= 0.6 is 0 Å². The van der Waals surface area contributed by atoms with E-state index in [0.29, 0.717) is 43.4 Å². The molecule has 0 spiro atoms. The number of ether oxygens (including phenoxy) is 3. The molecule has 38 heavy (non-hydrogen) atoms. The number of aliphatic imine (C=N–C) groups is 1. The van der Waals surface area contributed by atoms with Gasteiger partial charge in [0.2, 0.25) is 5.90 Å². The van der Waals surface area contributed by atoms with Crippen molar-refractivity contribution < 1.29 is 24.1 Å². The van der Waals surface area contributed by atoms with E-state index in [9.17, 15) is 4.79 Å². The Morgan fingerprint density at radius 2 is 1.84 bits per heavy atom. The lowest BCUT2D eigenvalue weighted by atomic mass is 9.82. The van der Waals surface area contributed by atoms with Gasteiger partial charge in [0, 0.05) is 31.6 Å². The first-order chi connectivity index (χ1) is 18.6. The number of carbonyl (C=O) groups is 1. The first-order valence-electron chi connectivity index (χ1n) is 12.9. The molecule has 3 N–H and O–H groups in total. The number of benzene rings is 3. The molecule has 3 aromatic carbocycles. The Morgan fingerprint density at radius 3 is 2.55 bits per heavy atom. The van der Waals surface area contributed by atoms with Crippen molar-refractivity contribution in [2.75, 3.05) is 26.9 Å². The van der Waals surface area contributed by atoms with Crippen molar-refractivity contribution in [3.8, 4) is 11.5 Å². The third kappa shape index (κ3) is 6.33. The van der Waals surface area contributed by atoms with Crippen molar-refractivity contribution in [3.05, 3.63) is 95.6 Å². The lowest BCUT2D eigenvalue weighted by Crippen LogP contribution is -2.54. The van der Waals surface area contributed by atoms with Crippen LogP contribution in [0.25, 0.3) is 0 Å². The number of aliphatic hydroxyl groups is 1. The molecule has 0 bridgehead atoms. The number of hydrogen-bond acceptors (Lipinski definition) is 7. The van der Waals surface area contributed by atoms with E-state index in [1.54, 1.807) is 7.11 Å². The molecule has 0 aliphatic carbocycles. The van der Waals surface area contributed by atoms with Crippen LogP contribution in [0.15, 0.2) is 83.9 Å². The number of aliphatic hydroxyl groups excluding tert-OH is 1. The van der Waals surface area contributed by atoms with Crippen molar-refractivity contribution in [2.45, 2.75) is 37.8 Å². The number of hydrogen-bond donors (Lipinski definition) is 3. The Labute approximate surface area is 223 Å². The molecule has 0 saturated heterocycles. The van der Waals surface area contributed by atoms with E-state index in [4.69, 9.17) is 24.3 Å². The van der Waals surface area contributed by atoms with Gasteiger partial charge in [-0.05, 0) is 53.9 Å². The van der Waals surface area contributed by atoms with Crippen LogP contribution in [0.2, 0.25) is 0 Å². The first-order valence-corrected chi connectivity index (χ1v) is 12.9. The summed E-state index contributed by atoms with van der Waals surface area (Å²) in [6.45, 7) is 3.17. The molecule has 0 radical (unpaired) electrons. The highest BCUT2D eigenvalue weighted by molar-refractivity contribution is 6.01. The Morgan fingerprint density at radius 1 is 1.05 bits per heavy atom. The van der Waals surface area contributed by atoms with Crippen molar-refractivity contribution in [1.82, 2.24) is 10.9 Å². The van der Waals surface area contributed by atoms with E-state index in [-0.39, 0.29) is 12.5 Å². The highest BCUT2D eigenvalue weighted by atomic mass is 16.5. The van der Waals surface area contributed by atoms with Crippen LogP contribution in [0.4, 0.5) is 0 Å². The molecule has 0 fully saturated rings. The maximum atomic E-state index is 13.9. The molecular formula is C30H35N3O5. The minimum atomic E-state index is -1.28. The predicted molar refractivity (Wildman–Crippen MR) is 146 cm³/mol. The predicted octanol–water partition coefficient (Wildman–Crippen LogP) is 3.99. The van der Waals surface area contributed by atoms with Crippen LogP contribution < -0.4 is 20.3 Å². The number of nitrogens with zero attached hydrogens (tertiary/aromatic N) is 1. The number of methoxy groups -OCH3 is 1. The molecule has 1 heterocycles. The second-order valence-electron chi connectivity index (χ2n) is 9.11. The van der Waals surface area contributed by atoms with E-state index in [1.165, 1.54) is 0 Å². The smallest absolute Gasteiger partial charge is 0.266 e. The topological polar surface area (TPSA) is 101 Å². The third-order valence-electron chi connectivity index (χ3n) is 6.32. The number of nitrogens with one attached hydrogen (secondary N) is 2. The Bertz CT molecular complexity index is 1220. The van der Waals surface area contributed by atoms with Crippen molar-refractivity contribution in [2.24, 2.45) is 4.99 Å². The van der Waals surface area contributed by atoms with Crippen LogP contribution in [0.1, 0.15) is 42.6 Å². The lowest BCUT2D eigenvalue weighted by Gasteiger charge is -2.31. The maximum absolute atomic E-state index is 13.9. The zero-order valence-corrected chi connectivity index (χ0v) is 21.9. The highest BCUT2D eigenvalue weighted by Gasteiger charge is 2.53. The average Bonchev–Trinajstić information content (AvgIpc) is 3.34. The Hall–Kier alpha value is -3.88. The summed E-state index contributed by atoms with van der Waals surface area (Å²) in [7, 11) is 1.61. The van der Waals surface area contributed by atoms with Gasteiger partial charge in [0.25, 0.3) is 5.91 Å². The molecule has 3 aromatic rings. The van der Waals surface area contributed by atoms with Gasteiger partial charge in [-0.2, -0.15) is 0 Å². The Balaban J connectivity index is 1.76. The van der Waals surface area contributed by atoms with Gasteiger partial charge < -0.3 is 19.3 Å². The van der Waals surface area contributed by atoms with Crippen LogP contribution in [0, 0.1) is 0 Å². The van der Waals surface area contributed by atoms with Crippen molar-refractivity contribution >= 4 is 11.8 Å². The normalized spacial score (nSPS) is 18.4. The summed E-state index contributed by atoms with van der Waals surface area (Å²) in [6.07, 6.45) is 1.06.